The van der Waals surface area contributed by atoms with Gasteiger partial charge in [0.05, 0.1) is 28.6 Å². The van der Waals surface area contributed by atoms with E-state index in [1.165, 1.54) is 6.92 Å². The number of hydrogen-bond donors (Lipinski definition) is 1. The second kappa shape index (κ2) is 7.53. The van der Waals surface area contributed by atoms with Gasteiger partial charge in [-0.25, -0.2) is 15.4 Å². The van der Waals surface area contributed by atoms with Crippen molar-refractivity contribution >= 4 is 23.2 Å². The summed E-state index contributed by atoms with van der Waals surface area (Å²) in [5.41, 5.74) is 6.57. The molecular formula is C19H18N4O2. The molecule has 0 fully saturated rings. The van der Waals surface area contributed by atoms with Gasteiger partial charge in [0.1, 0.15) is 12.4 Å². The van der Waals surface area contributed by atoms with E-state index in [1.807, 2.05) is 55.5 Å². The van der Waals surface area contributed by atoms with Crippen molar-refractivity contribution in [1.29, 1.82) is 0 Å². The van der Waals surface area contributed by atoms with Crippen LogP contribution in [0, 0.1) is 6.92 Å². The molecule has 126 valence electrons. The minimum atomic E-state index is -0.214. The molecule has 0 radical (unpaired) electrons. The SMILES string of the molecule is CC(=O)N/N=C\c1cccc(OCc2nc3ccccc3nc2C)c1. The third kappa shape index (κ3) is 4.38. The van der Waals surface area contributed by atoms with E-state index >= 15 is 0 Å². The molecule has 3 aromatic rings. The van der Waals surface area contributed by atoms with Crippen molar-refractivity contribution in [2.75, 3.05) is 0 Å². The smallest absolute Gasteiger partial charge is 0.236 e. The van der Waals surface area contributed by atoms with Gasteiger partial charge in [0.25, 0.3) is 0 Å². The zero-order valence-corrected chi connectivity index (χ0v) is 14.1. The minimum Gasteiger partial charge on any atom is -0.487 e. The predicted molar refractivity (Wildman–Crippen MR) is 96.5 cm³/mol. The summed E-state index contributed by atoms with van der Waals surface area (Å²) in [6, 6.07) is 15.2. The normalized spacial score (nSPS) is 11.0. The van der Waals surface area contributed by atoms with Gasteiger partial charge in [0, 0.05) is 6.92 Å². The molecule has 1 N–H and O–H groups in total. The molecule has 2 aromatic carbocycles. The Morgan fingerprint density at radius 1 is 1.16 bits per heavy atom. The zero-order chi connectivity index (χ0) is 17.6. The summed E-state index contributed by atoms with van der Waals surface area (Å²) in [6.07, 6.45) is 1.56. The van der Waals surface area contributed by atoms with Crippen molar-refractivity contribution in [3.63, 3.8) is 0 Å². The van der Waals surface area contributed by atoms with Crippen LogP contribution in [0.15, 0.2) is 53.6 Å². The summed E-state index contributed by atoms with van der Waals surface area (Å²) in [5, 5.41) is 3.85. The summed E-state index contributed by atoms with van der Waals surface area (Å²) in [7, 11) is 0. The molecule has 3 rings (SSSR count). The first-order valence-electron chi connectivity index (χ1n) is 7.86. The molecule has 0 aliphatic carbocycles. The lowest BCUT2D eigenvalue weighted by atomic mass is 10.2. The Labute approximate surface area is 145 Å². The fraction of sp³-hybridized carbons (Fsp3) is 0.158. The number of nitrogens with zero attached hydrogens (tertiary/aromatic N) is 3. The lowest BCUT2D eigenvalue weighted by Crippen LogP contribution is -2.12. The molecule has 1 amide bonds. The van der Waals surface area contributed by atoms with Gasteiger partial charge in [0.2, 0.25) is 5.91 Å². The number of benzene rings is 2. The molecule has 0 aliphatic rings. The number of ether oxygens (including phenoxy) is 1. The quantitative estimate of drug-likeness (QED) is 0.575. The van der Waals surface area contributed by atoms with Crippen molar-refractivity contribution < 1.29 is 9.53 Å². The zero-order valence-electron chi connectivity index (χ0n) is 14.1. The van der Waals surface area contributed by atoms with Crippen molar-refractivity contribution in [3.8, 4) is 5.75 Å². The summed E-state index contributed by atoms with van der Waals surface area (Å²) < 4.78 is 5.84. The van der Waals surface area contributed by atoms with Gasteiger partial charge in [0.15, 0.2) is 0 Å². The Morgan fingerprint density at radius 2 is 1.92 bits per heavy atom. The number of carbonyl (C=O) groups is 1. The molecule has 25 heavy (non-hydrogen) atoms. The second-order valence-corrected chi connectivity index (χ2v) is 5.53. The number of amides is 1. The molecule has 0 saturated carbocycles. The fourth-order valence-electron chi connectivity index (χ4n) is 2.30. The highest BCUT2D eigenvalue weighted by molar-refractivity contribution is 5.82. The molecule has 0 atom stereocenters. The maximum Gasteiger partial charge on any atom is 0.236 e. The van der Waals surface area contributed by atoms with Crippen LogP contribution in [0.25, 0.3) is 11.0 Å². The average Bonchev–Trinajstić information content (AvgIpc) is 2.60. The van der Waals surface area contributed by atoms with E-state index in [2.05, 4.69) is 20.5 Å². The predicted octanol–water partition coefficient (Wildman–Crippen LogP) is 2.99. The van der Waals surface area contributed by atoms with Crippen molar-refractivity contribution in [2.24, 2.45) is 5.10 Å². The van der Waals surface area contributed by atoms with E-state index in [9.17, 15) is 4.79 Å². The number of para-hydroxylation sites is 2. The molecule has 0 spiro atoms. The van der Waals surface area contributed by atoms with E-state index in [0.717, 1.165) is 28.0 Å². The third-order valence-corrected chi connectivity index (χ3v) is 3.51. The summed E-state index contributed by atoms with van der Waals surface area (Å²) >= 11 is 0. The lowest BCUT2D eigenvalue weighted by Gasteiger charge is -2.09. The van der Waals surface area contributed by atoms with Crippen LogP contribution < -0.4 is 10.2 Å². The minimum absolute atomic E-state index is 0.214. The van der Waals surface area contributed by atoms with Gasteiger partial charge >= 0.3 is 0 Å². The molecule has 0 aliphatic heterocycles. The average molecular weight is 334 g/mol. The largest absolute Gasteiger partial charge is 0.487 e. The van der Waals surface area contributed by atoms with E-state index in [1.54, 1.807) is 6.21 Å². The molecule has 6 nitrogen and oxygen atoms in total. The van der Waals surface area contributed by atoms with Crippen LogP contribution in [0.1, 0.15) is 23.9 Å². The molecule has 6 heteroatoms. The van der Waals surface area contributed by atoms with Gasteiger partial charge in [-0.3, -0.25) is 4.79 Å². The van der Waals surface area contributed by atoms with Crippen molar-refractivity contribution in [1.82, 2.24) is 15.4 Å². The van der Waals surface area contributed by atoms with Crippen LogP contribution >= 0.6 is 0 Å². The maximum absolute atomic E-state index is 10.8. The van der Waals surface area contributed by atoms with E-state index in [4.69, 9.17) is 4.74 Å². The summed E-state index contributed by atoms with van der Waals surface area (Å²) in [4.78, 5) is 20.0. The second-order valence-electron chi connectivity index (χ2n) is 5.53. The van der Waals surface area contributed by atoms with Gasteiger partial charge in [-0.1, -0.05) is 24.3 Å². The van der Waals surface area contributed by atoms with Gasteiger partial charge in [-0.15, -0.1) is 0 Å². The van der Waals surface area contributed by atoms with E-state index in [-0.39, 0.29) is 5.91 Å². The Hall–Kier alpha value is -3.28. The van der Waals surface area contributed by atoms with E-state index < -0.39 is 0 Å². The number of carbonyl (C=O) groups excluding carboxylic acids is 1. The summed E-state index contributed by atoms with van der Waals surface area (Å²) in [6.45, 7) is 3.66. The molecule has 0 unspecified atom stereocenters. The van der Waals surface area contributed by atoms with E-state index in [0.29, 0.717) is 12.4 Å². The van der Waals surface area contributed by atoms with Crippen LogP contribution in [0.2, 0.25) is 0 Å². The number of aromatic nitrogens is 2. The first-order valence-corrected chi connectivity index (χ1v) is 7.86. The van der Waals surface area contributed by atoms with Crippen LogP contribution in [-0.4, -0.2) is 22.1 Å². The number of rotatable bonds is 5. The van der Waals surface area contributed by atoms with Gasteiger partial charge in [-0.05, 0) is 36.8 Å². The number of nitrogens with one attached hydrogen (secondary N) is 1. The number of fused-ring (bicyclic) bond motifs is 1. The highest BCUT2D eigenvalue weighted by atomic mass is 16.5. The summed E-state index contributed by atoms with van der Waals surface area (Å²) in [5.74, 6) is 0.482. The highest BCUT2D eigenvalue weighted by Gasteiger charge is 2.06. The standard InChI is InChI=1S/C19H18N4O2/c1-13-19(22-18-9-4-3-8-17(18)21-13)12-25-16-7-5-6-15(10-16)11-20-23-14(2)24/h3-11H,12H2,1-2H3,(H,23,24)/b20-11-. The first kappa shape index (κ1) is 16.6. The Bertz CT molecular complexity index is 938. The highest BCUT2D eigenvalue weighted by Crippen LogP contribution is 2.16. The molecule has 1 heterocycles. The number of hydrogen-bond acceptors (Lipinski definition) is 5. The maximum atomic E-state index is 10.8. The van der Waals surface area contributed by atoms with Crippen LogP contribution in [-0.2, 0) is 11.4 Å². The van der Waals surface area contributed by atoms with Crippen LogP contribution in [0.4, 0.5) is 0 Å². The fourth-order valence-corrected chi connectivity index (χ4v) is 2.30. The van der Waals surface area contributed by atoms with Gasteiger partial charge in [-0.2, -0.15) is 5.10 Å². The Kier molecular flexibility index (Phi) is 4.99. The lowest BCUT2D eigenvalue weighted by molar-refractivity contribution is -0.118. The Balaban J connectivity index is 1.72. The van der Waals surface area contributed by atoms with Crippen LogP contribution in [0.5, 0.6) is 5.75 Å². The molecule has 1 aromatic heterocycles. The third-order valence-electron chi connectivity index (χ3n) is 3.51. The topological polar surface area (TPSA) is 76.5 Å². The number of aryl methyl sites for hydroxylation is 1. The molecule has 0 bridgehead atoms. The van der Waals surface area contributed by atoms with Crippen LogP contribution in [0.3, 0.4) is 0 Å². The Morgan fingerprint density at radius 3 is 2.68 bits per heavy atom. The monoisotopic (exact) mass is 334 g/mol. The number of hydrazone groups is 1. The molecule has 0 saturated heterocycles. The van der Waals surface area contributed by atoms with Crippen molar-refractivity contribution in [3.05, 3.63) is 65.5 Å². The van der Waals surface area contributed by atoms with Crippen molar-refractivity contribution in [2.45, 2.75) is 20.5 Å². The molecular weight excluding hydrogens is 316 g/mol. The van der Waals surface area contributed by atoms with Gasteiger partial charge < -0.3 is 4.74 Å². The first-order chi connectivity index (χ1) is 12.1.